The molecule has 0 saturated carbocycles. The van der Waals surface area contributed by atoms with E-state index in [0.717, 1.165) is 33.4 Å². The molecule has 0 bridgehead atoms. The SMILES string of the molecule is CC(=O)N(Cc1ccc(F)cc1)c1cncc2c(C)c(C)n(C)c12. The van der Waals surface area contributed by atoms with Crippen molar-refractivity contribution < 1.29 is 9.18 Å². The van der Waals surface area contributed by atoms with E-state index in [0.29, 0.717) is 6.54 Å². The Balaban J connectivity index is 2.12. The maximum atomic E-state index is 13.1. The van der Waals surface area contributed by atoms with Gasteiger partial charge in [0.2, 0.25) is 5.91 Å². The first kappa shape index (κ1) is 16.2. The van der Waals surface area contributed by atoms with Gasteiger partial charge in [-0.1, -0.05) is 12.1 Å². The molecule has 124 valence electrons. The predicted octanol–water partition coefficient (Wildman–Crippen LogP) is 3.88. The van der Waals surface area contributed by atoms with Gasteiger partial charge in [-0.15, -0.1) is 0 Å². The van der Waals surface area contributed by atoms with Gasteiger partial charge in [-0.05, 0) is 37.1 Å². The van der Waals surface area contributed by atoms with Crippen LogP contribution in [-0.4, -0.2) is 15.5 Å². The molecule has 1 aromatic carbocycles. The van der Waals surface area contributed by atoms with Crippen molar-refractivity contribution in [3.05, 3.63) is 59.3 Å². The molecule has 0 aliphatic carbocycles. The molecular weight excluding hydrogens is 305 g/mol. The molecule has 0 saturated heterocycles. The van der Waals surface area contributed by atoms with Crippen LogP contribution >= 0.6 is 0 Å². The number of aromatic nitrogens is 2. The summed E-state index contributed by atoms with van der Waals surface area (Å²) >= 11 is 0. The first-order valence-corrected chi connectivity index (χ1v) is 7.82. The normalized spacial score (nSPS) is 11.0. The average molecular weight is 325 g/mol. The van der Waals surface area contributed by atoms with Crippen molar-refractivity contribution in [3.8, 4) is 0 Å². The fourth-order valence-corrected chi connectivity index (χ4v) is 3.02. The molecule has 0 radical (unpaired) electrons. The summed E-state index contributed by atoms with van der Waals surface area (Å²) in [5.74, 6) is -0.365. The number of pyridine rings is 1. The topological polar surface area (TPSA) is 38.1 Å². The summed E-state index contributed by atoms with van der Waals surface area (Å²) in [5, 5.41) is 1.04. The first-order valence-electron chi connectivity index (χ1n) is 7.82. The van der Waals surface area contributed by atoms with Gasteiger partial charge in [0, 0.05) is 31.2 Å². The summed E-state index contributed by atoms with van der Waals surface area (Å²) in [6.45, 7) is 6.02. The van der Waals surface area contributed by atoms with E-state index in [9.17, 15) is 9.18 Å². The smallest absolute Gasteiger partial charge is 0.224 e. The third kappa shape index (κ3) is 2.66. The lowest BCUT2D eigenvalue weighted by Crippen LogP contribution is -2.28. The molecule has 3 aromatic rings. The zero-order chi connectivity index (χ0) is 17.4. The number of anilines is 1. The highest BCUT2D eigenvalue weighted by Gasteiger charge is 2.20. The van der Waals surface area contributed by atoms with Crippen LogP contribution in [0, 0.1) is 19.7 Å². The lowest BCUT2D eigenvalue weighted by molar-refractivity contribution is -0.116. The summed E-state index contributed by atoms with van der Waals surface area (Å²) in [7, 11) is 1.99. The predicted molar refractivity (Wildman–Crippen MR) is 93.5 cm³/mol. The summed E-state index contributed by atoms with van der Waals surface area (Å²) < 4.78 is 15.2. The highest BCUT2D eigenvalue weighted by Crippen LogP contribution is 2.32. The quantitative estimate of drug-likeness (QED) is 0.733. The molecule has 2 aromatic heterocycles. The van der Waals surface area contributed by atoms with E-state index in [4.69, 9.17) is 0 Å². The molecule has 0 aliphatic heterocycles. The minimum Gasteiger partial charge on any atom is -0.346 e. The third-order valence-corrected chi connectivity index (χ3v) is 4.61. The van der Waals surface area contributed by atoms with Crippen LogP contribution in [0.2, 0.25) is 0 Å². The second-order valence-electron chi connectivity index (χ2n) is 6.06. The Morgan fingerprint density at radius 2 is 1.88 bits per heavy atom. The number of carbonyl (C=O) groups excluding carboxylic acids is 1. The van der Waals surface area contributed by atoms with E-state index >= 15 is 0 Å². The summed E-state index contributed by atoms with van der Waals surface area (Å²) in [6, 6.07) is 6.20. The van der Waals surface area contributed by atoms with Crippen molar-refractivity contribution in [1.29, 1.82) is 0 Å². The summed E-state index contributed by atoms with van der Waals surface area (Å²) in [4.78, 5) is 18.3. The number of benzene rings is 1. The van der Waals surface area contributed by atoms with Gasteiger partial charge in [0.1, 0.15) is 5.82 Å². The molecule has 24 heavy (non-hydrogen) atoms. The molecule has 0 N–H and O–H groups in total. The number of amides is 1. The van der Waals surface area contributed by atoms with Crippen LogP contribution in [0.25, 0.3) is 10.9 Å². The van der Waals surface area contributed by atoms with Crippen molar-refractivity contribution in [2.75, 3.05) is 4.90 Å². The molecule has 2 heterocycles. The highest BCUT2D eigenvalue weighted by molar-refractivity contribution is 6.02. The van der Waals surface area contributed by atoms with E-state index in [1.54, 1.807) is 23.2 Å². The zero-order valence-corrected chi connectivity index (χ0v) is 14.3. The summed E-state index contributed by atoms with van der Waals surface area (Å²) in [5.41, 5.74) is 4.92. The van der Waals surface area contributed by atoms with Crippen molar-refractivity contribution in [2.45, 2.75) is 27.3 Å². The second-order valence-corrected chi connectivity index (χ2v) is 6.06. The van der Waals surface area contributed by atoms with E-state index in [-0.39, 0.29) is 11.7 Å². The van der Waals surface area contributed by atoms with Gasteiger partial charge in [0.05, 0.1) is 23.9 Å². The van der Waals surface area contributed by atoms with Crippen LogP contribution in [0.1, 0.15) is 23.7 Å². The molecule has 1 amide bonds. The number of hydrogen-bond acceptors (Lipinski definition) is 2. The molecule has 0 fully saturated rings. The number of carbonyl (C=O) groups is 1. The standard InChI is InChI=1S/C19H20FN3O/c1-12-13(2)22(4)19-17(12)9-21-10-18(19)23(14(3)24)11-15-5-7-16(20)8-6-15/h5-10H,11H2,1-4H3. The van der Waals surface area contributed by atoms with Crippen LogP contribution < -0.4 is 4.90 Å². The largest absolute Gasteiger partial charge is 0.346 e. The molecule has 0 aliphatic rings. The van der Waals surface area contributed by atoms with E-state index in [1.807, 2.05) is 13.2 Å². The van der Waals surface area contributed by atoms with E-state index in [2.05, 4.69) is 23.4 Å². The summed E-state index contributed by atoms with van der Waals surface area (Å²) in [6.07, 6.45) is 3.55. The second kappa shape index (κ2) is 6.07. The Kier molecular flexibility index (Phi) is 4.09. The molecule has 3 rings (SSSR count). The number of halogens is 1. The Bertz CT molecular complexity index is 913. The Morgan fingerprint density at radius 1 is 1.21 bits per heavy atom. The van der Waals surface area contributed by atoms with Crippen molar-refractivity contribution in [2.24, 2.45) is 7.05 Å². The number of aryl methyl sites for hydroxylation is 2. The average Bonchev–Trinajstić information content (AvgIpc) is 2.79. The molecule has 0 unspecified atom stereocenters. The van der Waals surface area contributed by atoms with Gasteiger partial charge < -0.3 is 9.47 Å². The van der Waals surface area contributed by atoms with Gasteiger partial charge in [0.25, 0.3) is 0 Å². The first-order chi connectivity index (χ1) is 11.4. The minimum absolute atomic E-state index is 0.0786. The monoisotopic (exact) mass is 325 g/mol. The van der Waals surface area contributed by atoms with Crippen LogP contribution in [0.3, 0.4) is 0 Å². The van der Waals surface area contributed by atoms with Gasteiger partial charge in [0.15, 0.2) is 0 Å². The molecular formula is C19H20FN3O. The number of hydrogen-bond donors (Lipinski definition) is 0. The number of fused-ring (bicyclic) bond motifs is 1. The van der Waals surface area contributed by atoms with Crippen LogP contribution in [0.5, 0.6) is 0 Å². The van der Waals surface area contributed by atoms with E-state index in [1.165, 1.54) is 19.1 Å². The molecule has 4 nitrogen and oxygen atoms in total. The van der Waals surface area contributed by atoms with Crippen molar-refractivity contribution in [3.63, 3.8) is 0 Å². The fourth-order valence-electron chi connectivity index (χ4n) is 3.02. The van der Waals surface area contributed by atoms with Crippen LogP contribution in [0.4, 0.5) is 10.1 Å². The lowest BCUT2D eigenvalue weighted by atomic mass is 10.1. The Morgan fingerprint density at radius 3 is 2.50 bits per heavy atom. The van der Waals surface area contributed by atoms with Crippen LogP contribution in [-0.2, 0) is 18.4 Å². The maximum Gasteiger partial charge on any atom is 0.224 e. The number of rotatable bonds is 3. The molecule has 5 heteroatoms. The lowest BCUT2D eigenvalue weighted by Gasteiger charge is -2.22. The Hall–Kier alpha value is -2.69. The highest BCUT2D eigenvalue weighted by atomic mass is 19.1. The molecule has 0 atom stereocenters. The number of nitrogens with zero attached hydrogens (tertiary/aromatic N) is 3. The Labute approximate surface area is 140 Å². The van der Waals surface area contributed by atoms with Crippen molar-refractivity contribution in [1.82, 2.24) is 9.55 Å². The van der Waals surface area contributed by atoms with Crippen LogP contribution in [0.15, 0.2) is 36.7 Å². The third-order valence-electron chi connectivity index (χ3n) is 4.61. The minimum atomic E-state index is -0.287. The molecule has 0 spiro atoms. The van der Waals surface area contributed by atoms with Gasteiger partial charge in [-0.2, -0.15) is 0 Å². The maximum absolute atomic E-state index is 13.1. The zero-order valence-electron chi connectivity index (χ0n) is 14.3. The fraction of sp³-hybridized carbons (Fsp3) is 0.263. The van der Waals surface area contributed by atoms with Gasteiger partial charge in [-0.3, -0.25) is 9.78 Å². The van der Waals surface area contributed by atoms with E-state index < -0.39 is 0 Å². The van der Waals surface area contributed by atoms with Crippen molar-refractivity contribution >= 4 is 22.5 Å². The van der Waals surface area contributed by atoms with Gasteiger partial charge >= 0.3 is 0 Å². The van der Waals surface area contributed by atoms with Gasteiger partial charge in [-0.25, -0.2) is 4.39 Å².